The number of nitrogens with zero attached hydrogens (tertiary/aromatic N) is 1. The molecule has 0 aliphatic carbocycles. The van der Waals surface area contributed by atoms with Gasteiger partial charge in [-0.15, -0.1) is 0 Å². The highest BCUT2D eigenvalue weighted by Crippen LogP contribution is 2.24. The van der Waals surface area contributed by atoms with E-state index in [9.17, 15) is 13.2 Å². The number of amides is 1. The molecular formula is C16H14ClN5O3S. The smallest absolute Gasteiger partial charge is 0.267 e. The van der Waals surface area contributed by atoms with Gasteiger partial charge in [-0.25, -0.2) is 13.6 Å². The molecule has 0 saturated carbocycles. The first-order valence-corrected chi connectivity index (χ1v) is 8.99. The Morgan fingerprint density at radius 2 is 1.85 bits per heavy atom. The first kappa shape index (κ1) is 19.3. The molecular weight excluding hydrogens is 378 g/mol. The normalized spacial score (nSPS) is 11.5. The van der Waals surface area contributed by atoms with Crippen molar-refractivity contribution in [3.05, 3.63) is 59.3 Å². The molecule has 0 bridgehead atoms. The maximum absolute atomic E-state index is 12.2. The van der Waals surface area contributed by atoms with Crippen molar-refractivity contribution in [2.24, 2.45) is 5.14 Å². The van der Waals surface area contributed by atoms with Gasteiger partial charge in [-0.3, -0.25) is 4.79 Å². The van der Waals surface area contributed by atoms with Crippen LogP contribution in [0.25, 0.3) is 0 Å². The van der Waals surface area contributed by atoms with Crippen LogP contribution in [0.4, 0.5) is 17.1 Å². The number of rotatable bonds is 5. The largest absolute Gasteiger partial charge is 0.399 e. The Balaban J connectivity index is 2.12. The van der Waals surface area contributed by atoms with Crippen LogP contribution in [0.2, 0.25) is 5.02 Å². The van der Waals surface area contributed by atoms with Crippen LogP contribution in [-0.4, -0.2) is 14.3 Å². The van der Waals surface area contributed by atoms with Crippen LogP contribution >= 0.6 is 11.6 Å². The number of sulfonamides is 1. The minimum atomic E-state index is -3.79. The molecule has 1 amide bonds. The number of anilines is 3. The molecule has 2 aromatic carbocycles. The van der Waals surface area contributed by atoms with Crippen molar-refractivity contribution in [1.82, 2.24) is 0 Å². The fraction of sp³-hybridized carbons (Fsp3) is 0. The maximum atomic E-state index is 12.2. The number of nitrogens with two attached hydrogens (primary N) is 2. The highest BCUT2D eigenvalue weighted by atomic mass is 35.5. The molecule has 26 heavy (non-hydrogen) atoms. The van der Waals surface area contributed by atoms with E-state index < -0.39 is 15.9 Å². The van der Waals surface area contributed by atoms with Gasteiger partial charge in [-0.2, -0.15) is 5.26 Å². The third-order valence-electron chi connectivity index (χ3n) is 3.17. The predicted octanol–water partition coefficient (Wildman–Crippen LogP) is 2.03. The average molecular weight is 392 g/mol. The molecule has 0 fully saturated rings. The summed E-state index contributed by atoms with van der Waals surface area (Å²) in [5.74, 6) is -0.673. The van der Waals surface area contributed by atoms with Crippen molar-refractivity contribution in [3.8, 4) is 6.07 Å². The third kappa shape index (κ3) is 4.97. The zero-order valence-electron chi connectivity index (χ0n) is 13.2. The lowest BCUT2D eigenvalue weighted by Crippen LogP contribution is -2.15. The second-order valence-corrected chi connectivity index (χ2v) is 7.05. The zero-order valence-corrected chi connectivity index (χ0v) is 14.8. The monoisotopic (exact) mass is 391 g/mol. The van der Waals surface area contributed by atoms with E-state index in [1.54, 1.807) is 12.1 Å². The van der Waals surface area contributed by atoms with Gasteiger partial charge < -0.3 is 16.4 Å². The van der Waals surface area contributed by atoms with Gasteiger partial charge >= 0.3 is 0 Å². The first-order valence-electron chi connectivity index (χ1n) is 7.07. The van der Waals surface area contributed by atoms with Gasteiger partial charge in [0.15, 0.2) is 0 Å². The van der Waals surface area contributed by atoms with E-state index in [0.29, 0.717) is 17.1 Å². The van der Waals surface area contributed by atoms with E-state index in [2.05, 4.69) is 10.6 Å². The summed E-state index contributed by atoms with van der Waals surface area (Å²) in [5.41, 5.74) is 6.57. The van der Waals surface area contributed by atoms with E-state index in [4.69, 9.17) is 27.7 Å². The standard InChI is InChI=1S/C16H14ClN5O3S/c17-14-7-11(19)1-6-15(14)22-16(23)10(8-18)9-21-12-2-4-13(5-3-12)26(20,24)25/h1-7,9,21H,19H2,(H,22,23)(H2,20,24,25)/b10-9-. The fourth-order valence-corrected chi connectivity index (χ4v) is 2.62. The number of halogens is 1. The number of hydrogen-bond donors (Lipinski definition) is 4. The second-order valence-electron chi connectivity index (χ2n) is 5.08. The number of benzene rings is 2. The van der Waals surface area contributed by atoms with E-state index in [1.807, 2.05) is 0 Å². The molecule has 0 radical (unpaired) electrons. The van der Waals surface area contributed by atoms with Gasteiger partial charge in [-0.1, -0.05) is 11.6 Å². The minimum Gasteiger partial charge on any atom is -0.399 e. The number of primary sulfonamides is 1. The molecule has 0 saturated heterocycles. The van der Waals surface area contributed by atoms with Crippen LogP contribution in [-0.2, 0) is 14.8 Å². The van der Waals surface area contributed by atoms with Crippen molar-refractivity contribution in [2.45, 2.75) is 4.90 Å². The highest BCUT2D eigenvalue weighted by Gasteiger charge is 2.12. The lowest BCUT2D eigenvalue weighted by atomic mass is 10.2. The Hall–Kier alpha value is -3.06. The topological polar surface area (TPSA) is 151 Å². The number of nitrogen functional groups attached to an aromatic ring is 1. The Kier molecular flexibility index (Phi) is 5.84. The molecule has 0 spiro atoms. The predicted molar refractivity (Wildman–Crippen MR) is 99.6 cm³/mol. The second kappa shape index (κ2) is 7.88. The van der Waals surface area contributed by atoms with Gasteiger partial charge in [0.05, 0.1) is 15.6 Å². The molecule has 0 atom stereocenters. The van der Waals surface area contributed by atoms with Crippen molar-refractivity contribution in [1.29, 1.82) is 5.26 Å². The third-order valence-corrected chi connectivity index (χ3v) is 4.41. The summed E-state index contributed by atoms with van der Waals surface area (Å²) < 4.78 is 22.4. The van der Waals surface area contributed by atoms with Gasteiger partial charge in [0.1, 0.15) is 11.6 Å². The summed E-state index contributed by atoms with van der Waals surface area (Å²) in [7, 11) is -3.79. The zero-order chi connectivity index (χ0) is 19.3. The molecule has 2 rings (SSSR count). The Labute approximate surface area is 155 Å². The number of nitrogens with one attached hydrogen (secondary N) is 2. The summed E-state index contributed by atoms with van der Waals surface area (Å²) in [6.07, 6.45) is 1.19. The van der Waals surface area contributed by atoms with Crippen molar-refractivity contribution < 1.29 is 13.2 Å². The molecule has 0 heterocycles. The summed E-state index contributed by atoms with van der Waals surface area (Å²) in [4.78, 5) is 12.1. The van der Waals surface area contributed by atoms with Crippen LogP contribution in [0.15, 0.2) is 59.1 Å². The summed E-state index contributed by atoms with van der Waals surface area (Å²) in [6.45, 7) is 0. The molecule has 0 unspecified atom stereocenters. The molecule has 6 N–H and O–H groups in total. The number of carbonyl (C=O) groups excluding carboxylic acids is 1. The van der Waals surface area contributed by atoms with Gasteiger partial charge in [0.2, 0.25) is 10.0 Å². The Morgan fingerprint density at radius 3 is 2.38 bits per heavy atom. The van der Waals surface area contributed by atoms with Gasteiger partial charge in [-0.05, 0) is 42.5 Å². The number of nitriles is 1. The molecule has 0 aromatic heterocycles. The Morgan fingerprint density at radius 1 is 1.19 bits per heavy atom. The summed E-state index contributed by atoms with van der Waals surface area (Å²) >= 11 is 5.97. The quantitative estimate of drug-likeness (QED) is 0.347. The van der Waals surface area contributed by atoms with Gasteiger partial charge in [0.25, 0.3) is 5.91 Å². The highest BCUT2D eigenvalue weighted by molar-refractivity contribution is 7.89. The molecule has 8 nitrogen and oxygen atoms in total. The SMILES string of the molecule is N#C/C(=C/Nc1ccc(S(N)(=O)=O)cc1)C(=O)Nc1ccc(N)cc1Cl. The van der Waals surface area contributed by atoms with Gasteiger partial charge in [0, 0.05) is 17.6 Å². The summed E-state index contributed by atoms with van der Waals surface area (Å²) in [5, 5.41) is 19.6. The van der Waals surface area contributed by atoms with Crippen LogP contribution in [0.5, 0.6) is 0 Å². The first-order chi connectivity index (χ1) is 12.2. The fourth-order valence-electron chi connectivity index (χ4n) is 1.87. The van der Waals surface area contributed by atoms with Crippen LogP contribution in [0, 0.1) is 11.3 Å². The van der Waals surface area contributed by atoms with Crippen LogP contribution < -0.4 is 21.5 Å². The van der Waals surface area contributed by atoms with E-state index in [1.165, 1.54) is 42.6 Å². The van der Waals surface area contributed by atoms with Crippen molar-refractivity contribution >= 4 is 44.6 Å². The van der Waals surface area contributed by atoms with E-state index in [-0.39, 0.29) is 15.5 Å². The molecule has 0 aliphatic heterocycles. The van der Waals surface area contributed by atoms with Crippen LogP contribution in [0.3, 0.4) is 0 Å². The number of carbonyl (C=O) groups is 1. The Bertz CT molecular complexity index is 1010. The maximum Gasteiger partial charge on any atom is 0.267 e. The van der Waals surface area contributed by atoms with Crippen molar-refractivity contribution in [3.63, 3.8) is 0 Å². The lowest BCUT2D eigenvalue weighted by Gasteiger charge is -2.08. The average Bonchev–Trinajstić information content (AvgIpc) is 2.57. The van der Waals surface area contributed by atoms with Crippen molar-refractivity contribution in [2.75, 3.05) is 16.4 Å². The number of hydrogen-bond acceptors (Lipinski definition) is 6. The molecule has 134 valence electrons. The summed E-state index contributed by atoms with van der Waals surface area (Å²) in [6, 6.07) is 11.8. The molecule has 0 aliphatic rings. The minimum absolute atomic E-state index is 0.0525. The lowest BCUT2D eigenvalue weighted by molar-refractivity contribution is -0.112. The van der Waals surface area contributed by atoms with Crippen LogP contribution in [0.1, 0.15) is 0 Å². The molecule has 2 aromatic rings. The van der Waals surface area contributed by atoms with E-state index >= 15 is 0 Å². The molecule has 10 heteroatoms. The van der Waals surface area contributed by atoms with E-state index in [0.717, 1.165) is 0 Å².